The van der Waals surface area contributed by atoms with Crippen LogP contribution in [0.3, 0.4) is 0 Å². The van der Waals surface area contributed by atoms with E-state index in [9.17, 15) is 0 Å². The van der Waals surface area contributed by atoms with Crippen molar-refractivity contribution >= 4 is 27.5 Å². The van der Waals surface area contributed by atoms with Crippen LogP contribution in [-0.4, -0.2) is 5.54 Å². The Labute approximate surface area is 123 Å². The van der Waals surface area contributed by atoms with Crippen LogP contribution in [0.1, 0.15) is 45.1 Å². The molecular formula is C15H21BrClN. The molecule has 1 nitrogen and oxygen atoms in total. The summed E-state index contributed by atoms with van der Waals surface area (Å²) in [5, 5.41) is 0.819. The zero-order chi connectivity index (χ0) is 13.4. The SMILES string of the molecule is CC1(C)CCC(N)(Cc2ccc(Br)cc2Cl)CC1. The second-order valence-electron chi connectivity index (χ2n) is 6.44. The molecule has 0 spiro atoms. The Morgan fingerprint density at radius 1 is 1.22 bits per heavy atom. The summed E-state index contributed by atoms with van der Waals surface area (Å²) in [6.45, 7) is 4.67. The maximum atomic E-state index is 6.55. The van der Waals surface area contributed by atoms with Gasteiger partial charge < -0.3 is 5.73 Å². The minimum absolute atomic E-state index is 0.0764. The highest BCUT2D eigenvalue weighted by atomic mass is 79.9. The Bertz CT molecular complexity index is 432. The lowest BCUT2D eigenvalue weighted by atomic mass is 9.68. The fourth-order valence-corrected chi connectivity index (χ4v) is 3.39. The molecule has 2 N–H and O–H groups in total. The Hall–Kier alpha value is -0.0500. The predicted molar refractivity (Wildman–Crippen MR) is 82.0 cm³/mol. The molecule has 0 atom stereocenters. The molecule has 1 aromatic carbocycles. The van der Waals surface area contributed by atoms with Crippen molar-refractivity contribution in [2.75, 3.05) is 0 Å². The molecule has 1 aliphatic rings. The van der Waals surface area contributed by atoms with E-state index < -0.39 is 0 Å². The molecule has 0 unspecified atom stereocenters. The average Bonchev–Trinajstić information content (AvgIpc) is 2.28. The van der Waals surface area contributed by atoms with E-state index in [1.165, 1.54) is 18.4 Å². The van der Waals surface area contributed by atoms with Crippen LogP contribution in [0.5, 0.6) is 0 Å². The van der Waals surface area contributed by atoms with Crippen molar-refractivity contribution in [2.45, 2.75) is 51.5 Å². The zero-order valence-electron chi connectivity index (χ0n) is 11.1. The molecule has 100 valence electrons. The van der Waals surface area contributed by atoms with Gasteiger partial charge in [0.15, 0.2) is 0 Å². The number of halogens is 2. The number of hydrogen-bond acceptors (Lipinski definition) is 1. The van der Waals surface area contributed by atoms with Crippen LogP contribution in [0.4, 0.5) is 0 Å². The highest BCUT2D eigenvalue weighted by Crippen LogP contribution is 2.41. The first-order valence-electron chi connectivity index (χ1n) is 6.53. The second kappa shape index (κ2) is 5.15. The van der Waals surface area contributed by atoms with Crippen LogP contribution in [0.2, 0.25) is 5.02 Å². The fraction of sp³-hybridized carbons (Fsp3) is 0.600. The number of rotatable bonds is 2. The van der Waals surface area contributed by atoms with Crippen LogP contribution >= 0.6 is 27.5 Å². The van der Waals surface area contributed by atoms with Crippen molar-refractivity contribution in [2.24, 2.45) is 11.1 Å². The van der Waals surface area contributed by atoms with Gasteiger partial charge in [-0.15, -0.1) is 0 Å². The molecule has 0 saturated heterocycles. The molecule has 0 aromatic heterocycles. The van der Waals surface area contributed by atoms with Crippen molar-refractivity contribution < 1.29 is 0 Å². The summed E-state index contributed by atoms with van der Waals surface area (Å²) in [5.74, 6) is 0. The van der Waals surface area contributed by atoms with Gasteiger partial charge in [0.25, 0.3) is 0 Å². The average molecular weight is 331 g/mol. The number of nitrogens with two attached hydrogens (primary N) is 1. The smallest absolute Gasteiger partial charge is 0.0449 e. The summed E-state index contributed by atoms with van der Waals surface area (Å²) < 4.78 is 1.02. The monoisotopic (exact) mass is 329 g/mol. The highest BCUT2D eigenvalue weighted by molar-refractivity contribution is 9.10. The van der Waals surface area contributed by atoms with E-state index in [1.54, 1.807) is 0 Å². The maximum Gasteiger partial charge on any atom is 0.0449 e. The van der Waals surface area contributed by atoms with Crippen molar-refractivity contribution in [1.82, 2.24) is 0 Å². The van der Waals surface area contributed by atoms with E-state index in [2.05, 4.69) is 35.8 Å². The minimum atomic E-state index is -0.0764. The Kier molecular flexibility index (Phi) is 4.10. The molecule has 1 saturated carbocycles. The van der Waals surface area contributed by atoms with Gasteiger partial charge in [0, 0.05) is 15.0 Å². The van der Waals surface area contributed by atoms with Crippen LogP contribution < -0.4 is 5.73 Å². The summed E-state index contributed by atoms with van der Waals surface area (Å²) >= 11 is 9.72. The summed E-state index contributed by atoms with van der Waals surface area (Å²) in [5.41, 5.74) is 8.09. The van der Waals surface area contributed by atoms with Gasteiger partial charge in [-0.2, -0.15) is 0 Å². The van der Waals surface area contributed by atoms with Gasteiger partial charge in [0.05, 0.1) is 0 Å². The highest BCUT2D eigenvalue weighted by Gasteiger charge is 2.35. The van der Waals surface area contributed by atoms with Crippen molar-refractivity contribution in [3.8, 4) is 0 Å². The van der Waals surface area contributed by atoms with E-state index in [0.717, 1.165) is 28.8 Å². The molecule has 2 rings (SSSR count). The lowest BCUT2D eigenvalue weighted by molar-refractivity contribution is 0.164. The molecule has 18 heavy (non-hydrogen) atoms. The lowest BCUT2D eigenvalue weighted by Gasteiger charge is -2.41. The lowest BCUT2D eigenvalue weighted by Crippen LogP contribution is -2.46. The van der Waals surface area contributed by atoms with E-state index in [4.69, 9.17) is 17.3 Å². The van der Waals surface area contributed by atoms with Crippen molar-refractivity contribution in [3.63, 3.8) is 0 Å². The second-order valence-corrected chi connectivity index (χ2v) is 7.76. The van der Waals surface area contributed by atoms with Crippen molar-refractivity contribution in [1.29, 1.82) is 0 Å². The Morgan fingerprint density at radius 2 is 1.83 bits per heavy atom. The normalized spacial score (nSPS) is 21.8. The Morgan fingerprint density at radius 3 is 2.39 bits per heavy atom. The molecule has 1 aliphatic carbocycles. The first-order valence-corrected chi connectivity index (χ1v) is 7.70. The van der Waals surface area contributed by atoms with E-state index in [0.29, 0.717) is 5.41 Å². The van der Waals surface area contributed by atoms with Gasteiger partial charge in [-0.1, -0.05) is 47.4 Å². The first-order chi connectivity index (χ1) is 8.30. The van der Waals surface area contributed by atoms with Gasteiger partial charge in [-0.25, -0.2) is 0 Å². The summed E-state index contributed by atoms with van der Waals surface area (Å²) in [6, 6.07) is 6.07. The molecule has 1 fully saturated rings. The molecule has 0 bridgehead atoms. The molecule has 0 aliphatic heterocycles. The summed E-state index contributed by atoms with van der Waals surface area (Å²) in [4.78, 5) is 0. The van der Waals surface area contributed by atoms with Crippen LogP contribution in [-0.2, 0) is 6.42 Å². The first kappa shape index (κ1) is 14.4. The predicted octanol–water partition coefficient (Wildman–Crippen LogP) is 4.94. The molecule has 0 heterocycles. The number of benzene rings is 1. The fourth-order valence-electron chi connectivity index (χ4n) is 2.65. The van der Waals surface area contributed by atoms with E-state index >= 15 is 0 Å². The van der Waals surface area contributed by atoms with Gasteiger partial charge in [-0.05, 0) is 55.2 Å². The largest absolute Gasteiger partial charge is 0.325 e. The van der Waals surface area contributed by atoms with Crippen molar-refractivity contribution in [3.05, 3.63) is 33.3 Å². The van der Waals surface area contributed by atoms with Gasteiger partial charge in [-0.3, -0.25) is 0 Å². The summed E-state index contributed by atoms with van der Waals surface area (Å²) in [6.07, 6.45) is 5.48. The zero-order valence-corrected chi connectivity index (χ0v) is 13.4. The van der Waals surface area contributed by atoms with Crippen LogP contribution in [0.15, 0.2) is 22.7 Å². The van der Waals surface area contributed by atoms with E-state index in [1.807, 2.05) is 12.1 Å². The quantitative estimate of drug-likeness (QED) is 0.816. The Balaban J connectivity index is 2.09. The minimum Gasteiger partial charge on any atom is -0.325 e. The van der Waals surface area contributed by atoms with Crippen LogP contribution in [0, 0.1) is 5.41 Å². The van der Waals surface area contributed by atoms with E-state index in [-0.39, 0.29) is 5.54 Å². The topological polar surface area (TPSA) is 26.0 Å². The molecule has 0 radical (unpaired) electrons. The third-order valence-electron chi connectivity index (χ3n) is 4.16. The van der Waals surface area contributed by atoms with Gasteiger partial charge >= 0.3 is 0 Å². The molecule has 0 amide bonds. The van der Waals surface area contributed by atoms with Crippen LogP contribution in [0.25, 0.3) is 0 Å². The maximum absolute atomic E-state index is 6.55. The molecule has 1 aromatic rings. The standard InChI is InChI=1S/C15H21BrClN/c1-14(2)5-7-15(18,8-6-14)10-11-3-4-12(16)9-13(11)17/h3-4,9H,5-8,10,18H2,1-2H3. The van der Waals surface area contributed by atoms with Gasteiger partial charge in [0.2, 0.25) is 0 Å². The third-order valence-corrected chi connectivity index (χ3v) is 5.00. The van der Waals surface area contributed by atoms with Gasteiger partial charge in [0.1, 0.15) is 0 Å². The molecular weight excluding hydrogens is 310 g/mol. The summed E-state index contributed by atoms with van der Waals surface area (Å²) in [7, 11) is 0. The third kappa shape index (κ3) is 3.49. The molecule has 3 heteroatoms. The number of hydrogen-bond donors (Lipinski definition) is 1.